The van der Waals surface area contributed by atoms with E-state index < -0.39 is 102 Å². The Morgan fingerprint density at radius 1 is 0.662 bits per heavy atom. The minimum absolute atomic E-state index is 0.00154. The zero-order valence-electron chi connectivity index (χ0n) is 44.8. The number of carbonyl (C=O) groups excluding carboxylic acids is 4. The van der Waals surface area contributed by atoms with E-state index in [2.05, 4.69) is 19.2 Å². The Kier molecular flexibility index (Phi) is 32.7. The van der Waals surface area contributed by atoms with Crippen LogP contribution in [-0.2, 0) is 47.1 Å². The molecule has 2 aromatic carbocycles. The van der Waals surface area contributed by atoms with Crippen molar-refractivity contribution in [1.82, 2.24) is 5.32 Å². The van der Waals surface area contributed by atoms with E-state index in [9.17, 15) is 24.3 Å². The molecule has 0 aliphatic carbocycles. The van der Waals surface area contributed by atoms with Crippen LogP contribution in [0.15, 0.2) is 60.7 Å². The molecular formula is C54H80Cl6NO15P. The molecule has 1 heterocycles. The molecule has 438 valence electrons. The van der Waals surface area contributed by atoms with Crippen LogP contribution in [-0.4, -0.2) is 92.4 Å². The number of aliphatic hydroxyl groups is 1. The molecule has 2 aromatic rings. The third kappa shape index (κ3) is 29.1. The van der Waals surface area contributed by atoms with E-state index in [1.807, 2.05) is 0 Å². The fourth-order valence-corrected chi connectivity index (χ4v) is 9.84. The number of nitrogens with one attached hydrogen (secondary N) is 1. The van der Waals surface area contributed by atoms with Crippen LogP contribution in [0.25, 0.3) is 0 Å². The van der Waals surface area contributed by atoms with Crippen molar-refractivity contribution >= 4 is 102 Å². The molecule has 6 atom stereocenters. The summed E-state index contributed by atoms with van der Waals surface area (Å²) in [5, 5.41) is 14.0. The number of hydrogen-bond acceptors (Lipinski definition) is 15. The Labute approximate surface area is 485 Å². The molecule has 0 unspecified atom stereocenters. The summed E-state index contributed by atoms with van der Waals surface area (Å²) >= 11 is 35.7. The van der Waals surface area contributed by atoms with E-state index >= 15 is 4.57 Å². The van der Waals surface area contributed by atoms with Crippen LogP contribution >= 0.6 is 77.4 Å². The summed E-state index contributed by atoms with van der Waals surface area (Å²) in [7, 11) is -5.02. The lowest BCUT2D eigenvalue weighted by molar-refractivity contribution is -0.256. The van der Waals surface area contributed by atoms with Gasteiger partial charge in [-0.3, -0.25) is 14.1 Å². The van der Waals surface area contributed by atoms with Crippen molar-refractivity contribution in [3.63, 3.8) is 0 Å². The number of phosphoric ester groups is 1. The number of esters is 2. The molecule has 1 aliphatic rings. The van der Waals surface area contributed by atoms with Gasteiger partial charge in [-0.05, 0) is 57.4 Å². The highest BCUT2D eigenvalue weighted by Gasteiger charge is 2.54. The van der Waals surface area contributed by atoms with Crippen LogP contribution in [0.3, 0.4) is 0 Å². The van der Waals surface area contributed by atoms with Crippen molar-refractivity contribution in [3.05, 3.63) is 60.7 Å². The lowest BCUT2D eigenvalue weighted by atomic mass is 9.96. The summed E-state index contributed by atoms with van der Waals surface area (Å²) in [6.07, 6.45) is 9.96. The minimum Gasteiger partial charge on any atom is -0.462 e. The number of ether oxygens (including phenoxy) is 6. The summed E-state index contributed by atoms with van der Waals surface area (Å²) in [6, 6.07) is 13.7. The molecule has 0 bridgehead atoms. The van der Waals surface area contributed by atoms with Gasteiger partial charge in [-0.1, -0.05) is 235 Å². The number of alkyl halides is 6. The maximum absolute atomic E-state index is 15.1. The first-order valence-electron chi connectivity index (χ1n) is 27.0. The van der Waals surface area contributed by atoms with Gasteiger partial charge in [0.1, 0.15) is 49.1 Å². The zero-order chi connectivity index (χ0) is 56.7. The van der Waals surface area contributed by atoms with Crippen LogP contribution in [0.5, 0.6) is 11.5 Å². The number of benzene rings is 2. The Bertz CT molecular complexity index is 1990. The highest BCUT2D eigenvalue weighted by molar-refractivity contribution is 7.49. The van der Waals surface area contributed by atoms with Gasteiger partial charge in [0.2, 0.25) is 7.59 Å². The predicted molar refractivity (Wildman–Crippen MR) is 300 cm³/mol. The van der Waals surface area contributed by atoms with Crippen LogP contribution in [0.4, 0.5) is 9.59 Å². The van der Waals surface area contributed by atoms with E-state index in [0.29, 0.717) is 19.3 Å². The molecule has 3 rings (SSSR count). The Morgan fingerprint density at radius 3 is 1.62 bits per heavy atom. The standard InChI is InChI=1S/C54H80Cl6NO15P/c1-5-7-9-11-13-15-16-18-20-22-30-36-44(62)70-42(35-25-21-19-17-14-12-10-8-6-2)37-45(63)72-48-46(61-50(65)69-39-53(55,56)57)49(64)71-43(38-68-51(66)73-52(3,4)54(58,59)60)47(48)76-77(67,74-40-31-26-23-27-32-40)75-41-33-28-24-29-34-41/h23-24,26-29,31-34,42-43,46-49,64H,5-22,25,30,35-39H2,1-4H3,(H,61,65)/t42-,43-,46-,47-,48-,49+/m1/s1. The van der Waals surface area contributed by atoms with Gasteiger partial charge in [0.15, 0.2) is 18.0 Å². The lowest BCUT2D eigenvalue weighted by Gasteiger charge is -2.44. The SMILES string of the molecule is CCCCCCCCCCCCCC(=O)O[C@H](CCCCCCCCCCC)CC(=O)O[C@@H]1[C@@H](NC(=O)OCC(Cl)(Cl)Cl)[C@@H](O)O[C@H](COC(=O)OC(C)(C)C(Cl)(Cl)Cl)[C@H]1OP(=O)(Oc1ccccc1)Oc1ccccc1. The number of rotatable bonds is 37. The number of alkyl carbamates (subject to hydrolysis) is 1. The second-order valence-electron chi connectivity index (χ2n) is 19.6. The topological polar surface area (TPSA) is 201 Å². The van der Waals surface area contributed by atoms with Gasteiger partial charge in [0.05, 0.1) is 6.42 Å². The van der Waals surface area contributed by atoms with Crippen LogP contribution in [0.2, 0.25) is 0 Å². The van der Waals surface area contributed by atoms with Gasteiger partial charge in [0.25, 0.3) is 0 Å². The van der Waals surface area contributed by atoms with Crippen LogP contribution in [0.1, 0.15) is 175 Å². The summed E-state index contributed by atoms with van der Waals surface area (Å²) in [4.78, 5) is 54.5. The number of aliphatic hydroxyl groups excluding tert-OH is 1. The Morgan fingerprint density at radius 2 is 1.14 bits per heavy atom. The van der Waals surface area contributed by atoms with Gasteiger partial charge >= 0.3 is 32.0 Å². The molecule has 1 aliphatic heterocycles. The third-order valence-electron chi connectivity index (χ3n) is 12.4. The van der Waals surface area contributed by atoms with Gasteiger partial charge in [-0.15, -0.1) is 0 Å². The van der Waals surface area contributed by atoms with Gasteiger partial charge in [0, 0.05) is 6.42 Å². The second-order valence-corrected chi connectivity index (χ2v) is 25.9. The largest absolute Gasteiger partial charge is 0.588 e. The molecule has 23 heteroatoms. The van der Waals surface area contributed by atoms with Crippen molar-refractivity contribution in [2.75, 3.05) is 13.2 Å². The van der Waals surface area contributed by atoms with Gasteiger partial charge in [-0.2, -0.15) is 0 Å². The number of amides is 1. The van der Waals surface area contributed by atoms with Crippen molar-refractivity contribution in [2.45, 2.75) is 225 Å². The first-order chi connectivity index (χ1) is 36.5. The molecule has 16 nitrogen and oxygen atoms in total. The Hall–Kier alpha value is -2.63. The molecular weight excluding hydrogens is 1150 g/mol. The van der Waals surface area contributed by atoms with Crippen LogP contribution < -0.4 is 14.4 Å². The smallest absolute Gasteiger partial charge is 0.462 e. The predicted octanol–water partition coefficient (Wildman–Crippen LogP) is 16.0. The fourth-order valence-electron chi connectivity index (χ4n) is 8.13. The molecule has 0 saturated carbocycles. The quantitative estimate of drug-likeness (QED) is 0.0213. The maximum atomic E-state index is 15.1. The molecule has 1 fully saturated rings. The molecule has 0 aromatic heterocycles. The summed E-state index contributed by atoms with van der Waals surface area (Å²) < 4.78 is 62.8. The monoisotopic (exact) mass is 1220 g/mol. The van der Waals surface area contributed by atoms with E-state index in [-0.39, 0.29) is 17.9 Å². The van der Waals surface area contributed by atoms with Crippen molar-refractivity contribution in [3.8, 4) is 11.5 Å². The average Bonchev–Trinajstić information content (AvgIpc) is 3.35. The summed E-state index contributed by atoms with van der Waals surface area (Å²) in [5.41, 5.74) is -1.75. The number of halogens is 6. The van der Waals surface area contributed by atoms with E-state index in [0.717, 1.165) is 64.2 Å². The van der Waals surface area contributed by atoms with E-state index in [4.69, 9.17) is 112 Å². The number of phosphoric acid groups is 1. The summed E-state index contributed by atoms with van der Waals surface area (Å²) in [5.74, 6) is -1.48. The first-order valence-corrected chi connectivity index (χ1v) is 30.7. The molecule has 0 spiro atoms. The van der Waals surface area contributed by atoms with Gasteiger partial charge in [-0.25, -0.2) is 14.2 Å². The second kappa shape index (κ2) is 36.7. The molecule has 2 N–H and O–H groups in total. The zero-order valence-corrected chi connectivity index (χ0v) is 50.2. The fraction of sp³-hybridized carbons (Fsp3) is 0.704. The highest BCUT2D eigenvalue weighted by atomic mass is 35.6. The number of hydrogen-bond donors (Lipinski definition) is 2. The Balaban J connectivity index is 1.99. The molecule has 1 saturated heterocycles. The first kappa shape index (κ1) is 68.6. The number of para-hydroxylation sites is 2. The van der Waals surface area contributed by atoms with E-state index in [1.165, 1.54) is 89.5 Å². The molecule has 1 amide bonds. The van der Waals surface area contributed by atoms with Crippen LogP contribution in [0, 0.1) is 0 Å². The highest BCUT2D eigenvalue weighted by Crippen LogP contribution is 2.52. The summed E-state index contributed by atoms with van der Waals surface area (Å²) in [6.45, 7) is 5.33. The van der Waals surface area contributed by atoms with E-state index in [1.54, 1.807) is 36.4 Å². The van der Waals surface area contributed by atoms with Crippen molar-refractivity contribution in [1.29, 1.82) is 0 Å². The minimum atomic E-state index is -5.02. The third-order valence-corrected chi connectivity index (χ3v) is 15.5. The lowest BCUT2D eigenvalue weighted by Crippen LogP contribution is -2.66. The molecule has 77 heavy (non-hydrogen) atoms. The number of carbonyl (C=O) groups is 4. The average molecular weight is 1230 g/mol. The van der Waals surface area contributed by atoms with Crippen molar-refractivity contribution in [2.24, 2.45) is 0 Å². The number of unbranched alkanes of at least 4 members (excludes halogenated alkanes) is 18. The maximum Gasteiger partial charge on any atom is 0.588 e. The normalized spacial score (nSPS) is 18.4. The van der Waals surface area contributed by atoms with Crippen molar-refractivity contribution < 1.29 is 70.8 Å². The van der Waals surface area contributed by atoms with Gasteiger partial charge < -0.3 is 47.9 Å². The molecule has 0 radical (unpaired) electrons.